The number of benzene rings is 1. The highest BCUT2D eigenvalue weighted by molar-refractivity contribution is 6.32. The van der Waals surface area contributed by atoms with Crippen LogP contribution in [0.5, 0.6) is 0 Å². The van der Waals surface area contributed by atoms with Gasteiger partial charge in [0.05, 0.1) is 6.04 Å². The molecule has 0 bridgehead atoms. The van der Waals surface area contributed by atoms with Crippen LogP contribution in [-0.2, 0) is 0 Å². The Labute approximate surface area is 101 Å². The lowest BCUT2D eigenvalue weighted by molar-refractivity contribution is 0.778. The molecule has 0 saturated carbocycles. The van der Waals surface area contributed by atoms with Gasteiger partial charge in [-0.05, 0) is 24.6 Å². The predicted molar refractivity (Wildman–Crippen MR) is 70.3 cm³/mol. The molecule has 1 N–H and O–H groups in total. The van der Waals surface area contributed by atoms with Crippen LogP contribution in [0.1, 0.15) is 12.5 Å². The fourth-order valence-corrected chi connectivity index (χ4v) is 1.81. The van der Waals surface area contributed by atoms with Crippen LogP contribution in [0.25, 0.3) is 6.08 Å². The van der Waals surface area contributed by atoms with Crippen molar-refractivity contribution in [3.8, 4) is 0 Å². The minimum Gasteiger partial charge on any atom is -0.379 e. The smallest absolute Gasteiger partial charge is 0.0631 e. The number of hydrogen-bond acceptors (Lipinski definition) is 1. The third-order valence-electron chi connectivity index (χ3n) is 2.45. The Morgan fingerprint density at radius 3 is 2.88 bits per heavy atom. The lowest BCUT2D eigenvalue weighted by Crippen LogP contribution is -2.24. The summed E-state index contributed by atoms with van der Waals surface area (Å²) in [5.41, 5.74) is 2.22. The second-order valence-electron chi connectivity index (χ2n) is 3.79. The highest BCUT2D eigenvalue weighted by atomic mass is 35.5. The summed E-state index contributed by atoms with van der Waals surface area (Å²) in [6, 6.07) is 8.08. The van der Waals surface area contributed by atoms with E-state index in [2.05, 4.69) is 36.5 Å². The molecule has 0 spiro atoms. The standard InChI is InChI=1S/C14H14ClN/c1-11-5-4-7-13(16-11)10-9-12-6-2-3-8-14(12)15/h2-10,13,16H,1H3. The van der Waals surface area contributed by atoms with Gasteiger partial charge in [-0.15, -0.1) is 0 Å². The molecule has 1 atom stereocenters. The van der Waals surface area contributed by atoms with Gasteiger partial charge in [0, 0.05) is 10.7 Å². The summed E-state index contributed by atoms with van der Waals surface area (Å²) >= 11 is 6.07. The largest absolute Gasteiger partial charge is 0.379 e. The summed E-state index contributed by atoms with van der Waals surface area (Å²) in [4.78, 5) is 0. The van der Waals surface area contributed by atoms with Crippen molar-refractivity contribution in [2.45, 2.75) is 13.0 Å². The molecule has 1 aromatic carbocycles. The third-order valence-corrected chi connectivity index (χ3v) is 2.79. The zero-order chi connectivity index (χ0) is 11.4. The SMILES string of the molecule is CC1=CC=CC(C=Cc2ccccc2Cl)N1. The molecule has 1 unspecified atom stereocenters. The number of rotatable bonds is 2. The first kappa shape index (κ1) is 11.0. The topological polar surface area (TPSA) is 12.0 Å². The summed E-state index contributed by atoms with van der Waals surface area (Å²) in [7, 11) is 0. The molecule has 2 rings (SSSR count). The van der Waals surface area contributed by atoms with Gasteiger partial charge in [-0.3, -0.25) is 0 Å². The van der Waals surface area contributed by atoms with Crippen molar-refractivity contribution in [2.24, 2.45) is 0 Å². The van der Waals surface area contributed by atoms with E-state index in [-0.39, 0.29) is 6.04 Å². The van der Waals surface area contributed by atoms with Gasteiger partial charge in [0.1, 0.15) is 0 Å². The molecule has 1 heterocycles. The van der Waals surface area contributed by atoms with E-state index >= 15 is 0 Å². The van der Waals surface area contributed by atoms with Gasteiger partial charge in [-0.25, -0.2) is 0 Å². The molecular weight excluding hydrogens is 218 g/mol. The molecule has 82 valence electrons. The molecule has 0 saturated heterocycles. The van der Waals surface area contributed by atoms with E-state index < -0.39 is 0 Å². The summed E-state index contributed by atoms with van der Waals surface area (Å²) in [6.45, 7) is 2.06. The Hall–Kier alpha value is -1.47. The van der Waals surface area contributed by atoms with Gasteiger partial charge in [0.2, 0.25) is 0 Å². The highest BCUT2D eigenvalue weighted by Gasteiger charge is 2.02. The second kappa shape index (κ2) is 5.04. The first-order valence-electron chi connectivity index (χ1n) is 5.30. The Kier molecular flexibility index (Phi) is 3.47. The quantitative estimate of drug-likeness (QED) is 0.817. The van der Waals surface area contributed by atoms with Crippen LogP contribution in [0.3, 0.4) is 0 Å². The maximum atomic E-state index is 6.07. The van der Waals surface area contributed by atoms with E-state index in [1.165, 1.54) is 5.70 Å². The number of allylic oxidation sites excluding steroid dienone is 3. The first-order chi connectivity index (χ1) is 7.75. The lowest BCUT2D eigenvalue weighted by Gasteiger charge is -2.15. The van der Waals surface area contributed by atoms with Crippen LogP contribution in [0, 0.1) is 0 Å². The predicted octanol–water partition coefficient (Wildman–Crippen LogP) is 3.79. The summed E-state index contributed by atoms with van der Waals surface area (Å²) in [5, 5.41) is 4.13. The van der Waals surface area contributed by atoms with Crippen molar-refractivity contribution in [2.75, 3.05) is 0 Å². The van der Waals surface area contributed by atoms with Crippen LogP contribution in [0.2, 0.25) is 5.02 Å². The lowest BCUT2D eigenvalue weighted by atomic mass is 10.1. The van der Waals surface area contributed by atoms with E-state index in [9.17, 15) is 0 Å². The number of hydrogen-bond donors (Lipinski definition) is 1. The maximum absolute atomic E-state index is 6.07. The van der Waals surface area contributed by atoms with Crippen molar-refractivity contribution in [3.63, 3.8) is 0 Å². The monoisotopic (exact) mass is 231 g/mol. The third kappa shape index (κ3) is 2.77. The zero-order valence-corrected chi connectivity index (χ0v) is 9.91. The summed E-state index contributed by atoms with van der Waals surface area (Å²) in [6.07, 6.45) is 10.4. The van der Waals surface area contributed by atoms with E-state index in [0.717, 1.165) is 10.6 Å². The number of halogens is 1. The zero-order valence-electron chi connectivity index (χ0n) is 9.15. The maximum Gasteiger partial charge on any atom is 0.0631 e. The first-order valence-corrected chi connectivity index (χ1v) is 5.68. The average Bonchev–Trinajstić information content (AvgIpc) is 2.28. The molecule has 0 aromatic heterocycles. The molecule has 1 aromatic rings. The molecule has 1 nitrogen and oxygen atoms in total. The van der Waals surface area contributed by atoms with Gasteiger partial charge in [0.15, 0.2) is 0 Å². The van der Waals surface area contributed by atoms with Crippen molar-refractivity contribution < 1.29 is 0 Å². The van der Waals surface area contributed by atoms with E-state index in [1.54, 1.807) is 0 Å². The number of nitrogens with one attached hydrogen (secondary N) is 1. The second-order valence-corrected chi connectivity index (χ2v) is 4.19. The fraction of sp³-hybridized carbons (Fsp3) is 0.143. The van der Waals surface area contributed by atoms with E-state index in [1.807, 2.05) is 30.3 Å². The Balaban J connectivity index is 2.08. The van der Waals surface area contributed by atoms with Gasteiger partial charge in [-0.2, -0.15) is 0 Å². The van der Waals surface area contributed by atoms with Crippen molar-refractivity contribution >= 4 is 17.7 Å². The van der Waals surface area contributed by atoms with Gasteiger partial charge in [-0.1, -0.05) is 54.1 Å². The number of dihydropyridines is 1. The Morgan fingerprint density at radius 2 is 2.12 bits per heavy atom. The van der Waals surface area contributed by atoms with Gasteiger partial charge >= 0.3 is 0 Å². The van der Waals surface area contributed by atoms with Crippen molar-refractivity contribution in [1.82, 2.24) is 5.32 Å². The minimum absolute atomic E-state index is 0.251. The summed E-state index contributed by atoms with van der Waals surface area (Å²) in [5.74, 6) is 0. The molecule has 2 heteroatoms. The van der Waals surface area contributed by atoms with Crippen LogP contribution >= 0.6 is 11.6 Å². The van der Waals surface area contributed by atoms with Gasteiger partial charge in [0.25, 0.3) is 0 Å². The van der Waals surface area contributed by atoms with Crippen molar-refractivity contribution in [3.05, 3.63) is 64.9 Å². The average molecular weight is 232 g/mol. The van der Waals surface area contributed by atoms with E-state index in [4.69, 9.17) is 11.6 Å². The molecule has 1 aliphatic heterocycles. The molecule has 16 heavy (non-hydrogen) atoms. The van der Waals surface area contributed by atoms with Crippen molar-refractivity contribution in [1.29, 1.82) is 0 Å². The fourth-order valence-electron chi connectivity index (χ4n) is 1.61. The Bertz CT molecular complexity index is 458. The molecule has 0 fully saturated rings. The Morgan fingerprint density at radius 1 is 1.31 bits per heavy atom. The summed E-state index contributed by atoms with van der Waals surface area (Å²) < 4.78 is 0. The van der Waals surface area contributed by atoms with Crippen LogP contribution < -0.4 is 5.32 Å². The van der Waals surface area contributed by atoms with Gasteiger partial charge < -0.3 is 5.32 Å². The molecule has 0 aliphatic carbocycles. The van der Waals surface area contributed by atoms with E-state index in [0.29, 0.717) is 0 Å². The highest BCUT2D eigenvalue weighted by Crippen LogP contribution is 2.17. The minimum atomic E-state index is 0.251. The molecule has 0 amide bonds. The molecular formula is C14H14ClN. The van der Waals surface area contributed by atoms with Crippen LogP contribution in [0.15, 0.2) is 54.3 Å². The molecule has 1 aliphatic rings. The van der Waals surface area contributed by atoms with Crippen LogP contribution in [-0.4, -0.2) is 6.04 Å². The van der Waals surface area contributed by atoms with Crippen LogP contribution in [0.4, 0.5) is 0 Å². The normalized spacial score (nSPS) is 19.6. The molecule has 0 radical (unpaired) electrons.